The van der Waals surface area contributed by atoms with Crippen LogP contribution in [0.15, 0.2) is 60.9 Å². The van der Waals surface area contributed by atoms with E-state index in [1.54, 1.807) is 30.6 Å². The van der Waals surface area contributed by atoms with E-state index >= 15 is 0 Å². The number of nitrogens with one attached hydrogen (secondary N) is 1. The summed E-state index contributed by atoms with van der Waals surface area (Å²) in [6, 6.07) is 14.8. The molecule has 9 nitrogen and oxygen atoms in total. The molecular weight excluding hydrogens is 434 g/mol. The molecule has 1 spiro atoms. The van der Waals surface area contributed by atoms with Crippen LogP contribution in [-0.4, -0.2) is 54.3 Å². The second-order valence-corrected chi connectivity index (χ2v) is 9.12. The molecule has 0 amide bonds. The Balaban J connectivity index is 1.24. The average Bonchev–Trinajstić information content (AvgIpc) is 3.49. The maximum atomic E-state index is 11.6. The number of hydrogen-bond donors (Lipinski definition) is 3. The molecule has 9 heteroatoms. The first kappa shape index (κ1) is 22.4. The van der Waals surface area contributed by atoms with Crippen LogP contribution in [0.3, 0.4) is 0 Å². The first-order valence-electron chi connectivity index (χ1n) is 11.4. The van der Waals surface area contributed by atoms with Gasteiger partial charge in [0.1, 0.15) is 5.69 Å². The molecule has 1 saturated heterocycles. The Bertz CT molecular complexity index is 1170. The van der Waals surface area contributed by atoms with Crippen LogP contribution in [0.4, 0.5) is 11.4 Å². The van der Waals surface area contributed by atoms with Crippen LogP contribution in [0.2, 0.25) is 0 Å². The van der Waals surface area contributed by atoms with E-state index < -0.39 is 4.92 Å². The second kappa shape index (κ2) is 9.09. The van der Waals surface area contributed by atoms with Gasteiger partial charge >= 0.3 is 0 Å². The van der Waals surface area contributed by atoms with Gasteiger partial charge in [0, 0.05) is 43.7 Å². The van der Waals surface area contributed by atoms with E-state index in [4.69, 9.17) is 0 Å². The number of nitrogens with zero attached hydrogens (tertiary/aromatic N) is 4. The maximum Gasteiger partial charge on any atom is 0.293 e. The molecule has 1 aromatic heterocycles. The number of aromatic nitrogens is 2. The summed E-state index contributed by atoms with van der Waals surface area (Å²) in [7, 11) is 0. The maximum absolute atomic E-state index is 11.6. The fraction of sp³-hybridized carbons (Fsp3) is 0.360. The lowest BCUT2D eigenvalue weighted by molar-refractivity contribution is -0.383. The summed E-state index contributed by atoms with van der Waals surface area (Å²) in [5, 5.41) is 35.0. The molecule has 0 radical (unpaired) electrons. The van der Waals surface area contributed by atoms with Gasteiger partial charge in [-0.2, -0.15) is 0 Å². The molecule has 176 valence electrons. The molecular formula is C25H27N5O4. The van der Waals surface area contributed by atoms with Crippen molar-refractivity contribution in [3.05, 3.63) is 82.2 Å². The Morgan fingerprint density at radius 1 is 1.09 bits per heavy atom. The minimum absolute atomic E-state index is 0.0258. The number of anilines is 1. The van der Waals surface area contributed by atoms with Crippen molar-refractivity contribution in [2.45, 2.75) is 50.1 Å². The van der Waals surface area contributed by atoms with Gasteiger partial charge in [-0.25, -0.2) is 9.97 Å². The van der Waals surface area contributed by atoms with Crippen LogP contribution in [0.1, 0.15) is 30.4 Å². The molecule has 5 rings (SSSR count). The molecule has 3 atom stereocenters. The largest absolute Gasteiger partial charge is 0.393 e. The molecule has 34 heavy (non-hydrogen) atoms. The highest BCUT2D eigenvalue weighted by molar-refractivity contribution is 5.70. The third kappa shape index (κ3) is 4.50. The smallest absolute Gasteiger partial charge is 0.293 e. The number of nitro groups is 1. The lowest BCUT2D eigenvalue weighted by Gasteiger charge is -2.38. The molecule has 3 unspecified atom stereocenters. The Labute approximate surface area is 197 Å². The number of likely N-dealkylation sites (tertiary alicyclic amines) is 1. The molecule has 3 aromatic rings. The zero-order valence-corrected chi connectivity index (χ0v) is 18.7. The number of benzene rings is 2. The highest BCUT2D eigenvalue weighted by Gasteiger charge is 2.59. The SMILES string of the molecule is O=[N+]([O-])c1cc(-c2ncccn2)ccc1NCc1ccc(CN2CCC(O)CC23CC3O)cc1. The van der Waals surface area contributed by atoms with E-state index in [2.05, 4.69) is 32.3 Å². The van der Waals surface area contributed by atoms with Gasteiger partial charge in [0.2, 0.25) is 0 Å². The summed E-state index contributed by atoms with van der Waals surface area (Å²) >= 11 is 0. The third-order valence-electron chi connectivity index (χ3n) is 6.86. The van der Waals surface area contributed by atoms with E-state index in [1.807, 2.05) is 12.1 Å². The molecule has 2 aliphatic rings. The van der Waals surface area contributed by atoms with Gasteiger partial charge < -0.3 is 15.5 Å². The highest BCUT2D eigenvalue weighted by atomic mass is 16.6. The van der Waals surface area contributed by atoms with Crippen molar-refractivity contribution < 1.29 is 15.1 Å². The van der Waals surface area contributed by atoms with Crippen molar-refractivity contribution in [3.8, 4) is 11.4 Å². The minimum atomic E-state index is -0.407. The summed E-state index contributed by atoms with van der Waals surface area (Å²) < 4.78 is 0. The quantitative estimate of drug-likeness (QED) is 0.362. The normalized spacial score (nSPS) is 24.2. The summed E-state index contributed by atoms with van der Waals surface area (Å²) in [5.41, 5.74) is 2.87. The molecule has 3 N–H and O–H groups in total. The van der Waals surface area contributed by atoms with E-state index in [0.29, 0.717) is 30.0 Å². The van der Waals surface area contributed by atoms with Gasteiger partial charge in [0.05, 0.1) is 22.7 Å². The van der Waals surface area contributed by atoms with Gasteiger partial charge in [-0.1, -0.05) is 24.3 Å². The van der Waals surface area contributed by atoms with Gasteiger partial charge in [-0.3, -0.25) is 15.0 Å². The topological polar surface area (TPSA) is 125 Å². The van der Waals surface area contributed by atoms with Gasteiger partial charge in [0.25, 0.3) is 5.69 Å². The molecule has 1 saturated carbocycles. The third-order valence-corrected chi connectivity index (χ3v) is 6.86. The van der Waals surface area contributed by atoms with Gasteiger partial charge in [0.15, 0.2) is 5.82 Å². The van der Waals surface area contributed by atoms with Gasteiger partial charge in [-0.05, 0) is 48.6 Å². The van der Waals surface area contributed by atoms with Gasteiger partial charge in [-0.15, -0.1) is 0 Å². The lowest BCUT2D eigenvalue weighted by Crippen LogP contribution is -2.47. The summed E-state index contributed by atoms with van der Waals surface area (Å²) in [4.78, 5) is 21.8. The molecule has 0 bridgehead atoms. The molecule has 1 aliphatic carbocycles. The van der Waals surface area contributed by atoms with Crippen molar-refractivity contribution in [2.75, 3.05) is 11.9 Å². The zero-order valence-electron chi connectivity index (χ0n) is 18.7. The van der Waals surface area contributed by atoms with Crippen LogP contribution in [-0.2, 0) is 13.1 Å². The number of aliphatic hydroxyl groups excluding tert-OH is 2. The standard InChI is InChI=1S/C25H27N5O4/c31-20-8-11-29(25(13-20)14-23(25)32)16-18-4-2-17(3-5-18)15-28-21-7-6-19(12-22(21)30(33)34)24-26-9-1-10-27-24/h1-7,9-10,12,20,23,28,31-32H,8,11,13-16H2. The number of rotatable bonds is 7. The number of aliphatic hydroxyl groups is 2. The van der Waals surface area contributed by atoms with Crippen molar-refractivity contribution in [3.63, 3.8) is 0 Å². The number of piperidine rings is 1. The Morgan fingerprint density at radius 2 is 1.79 bits per heavy atom. The van der Waals surface area contributed by atoms with Crippen molar-refractivity contribution in [1.29, 1.82) is 0 Å². The first-order valence-corrected chi connectivity index (χ1v) is 11.4. The van der Waals surface area contributed by atoms with Crippen LogP contribution >= 0.6 is 0 Å². The summed E-state index contributed by atoms with van der Waals surface area (Å²) in [5.74, 6) is 0.441. The fourth-order valence-corrected chi connectivity index (χ4v) is 4.84. The second-order valence-electron chi connectivity index (χ2n) is 9.12. The van der Waals surface area contributed by atoms with Crippen LogP contribution < -0.4 is 5.32 Å². The van der Waals surface area contributed by atoms with Crippen molar-refractivity contribution in [1.82, 2.24) is 14.9 Å². The van der Waals surface area contributed by atoms with E-state index in [0.717, 1.165) is 37.1 Å². The van der Waals surface area contributed by atoms with E-state index in [1.165, 1.54) is 6.07 Å². The Kier molecular flexibility index (Phi) is 5.99. The Hall–Kier alpha value is -3.40. The Morgan fingerprint density at radius 3 is 2.47 bits per heavy atom. The highest BCUT2D eigenvalue weighted by Crippen LogP contribution is 2.49. The lowest BCUT2D eigenvalue weighted by atomic mass is 9.96. The van der Waals surface area contributed by atoms with Crippen molar-refractivity contribution >= 4 is 11.4 Å². The number of hydrogen-bond acceptors (Lipinski definition) is 8. The average molecular weight is 462 g/mol. The van der Waals surface area contributed by atoms with Crippen LogP contribution in [0, 0.1) is 10.1 Å². The summed E-state index contributed by atoms with van der Waals surface area (Å²) in [6.07, 6.45) is 4.59. The predicted octanol–water partition coefficient (Wildman–Crippen LogP) is 3.12. The molecule has 2 aromatic carbocycles. The van der Waals surface area contributed by atoms with E-state index in [-0.39, 0.29) is 23.4 Å². The zero-order chi connectivity index (χ0) is 23.7. The predicted molar refractivity (Wildman–Crippen MR) is 127 cm³/mol. The minimum Gasteiger partial charge on any atom is -0.393 e. The van der Waals surface area contributed by atoms with E-state index in [9.17, 15) is 20.3 Å². The monoisotopic (exact) mass is 461 g/mol. The molecule has 1 aliphatic heterocycles. The fourth-order valence-electron chi connectivity index (χ4n) is 4.84. The molecule has 2 fully saturated rings. The number of nitro benzene ring substituents is 1. The van der Waals surface area contributed by atoms with Crippen LogP contribution in [0.25, 0.3) is 11.4 Å². The van der Waals surface area contributed by atoms with Crippen LogP contribution in [0.5, 0.6) is 0 Å². The summed E-state index contributed by atoms with van der Waals surface area (Å²) in [6.45, 7) is 1.95. The first-order chi connectivity index (χ1) is 16.4. The molecule has 2 heterocycles. The van der Waals surface area contributed by atoms with Crippen molar-refractivity contribution in [2.24, 2.45) is 0 Å².